The largest absolute Gasteiger partial charge is 0.472 e. The van der Waals surface area contributed by atoms with Crippen LogP contribution in [0.5, 0.6) is 0 Å². The van der Waals surface area contributed by atoms with Gasteiger partial charge in [0.1, 0.15) is 6.10 Å². The number of phosphoric acid groups is 1. The van der Waals surface area contributed by atoms with Crippen LogP contribution < -0.4 is 5.73 Å². The van der Waals surface area contributed by atoms with E-state index in [4.69, 9.17) is 24.3 Å². The highest BCUT2D eigenvalue weighted by Crippen LogP contribution is 2.43. The fourth-order valence-electron chi connectivity index (χ4n) is 5.84. The van der Waals surface area contributed by atoms with Crippen molar-refractivity contribution in [1.29, 1.82) is 0 Å². The summed E-state index contributed by atoms with van der Waals surface area (Å²) < 4.78 is 33.5. The Balaban J connectivity index is 4.09. The number of nitrogens with two attached hydrogens (primary N) is 1. The molecule has 0 amide bonds. The minimum Gasteiger partial charge on any atom is -0.457 e. The number of esters is 1. The zero-order valence-corrected chi connectivity index (χ0v) is 38.8. The van der Waals surface area contributed by atoms with Gasteiger partial charge in [-0.2, -0.15) is 0 Å². The van der Waals surface area contributed by atoms with Crippen LogP contribution in [0.1, 0.15) is 168 Å². The first-order chi connectivity index (χ1) is 29.4. The zero-order valence-electron chi connectivity index (χ0n) is 37.9. The van der Waals surface area contributed by atoms with Crippen molar-refractivity contribution in [2.75, 3.05) is 33.0 Å². The van der Waals surface area contributed by atoms with E-state index in [0.717, 1.165) is 116 Å². The number of hydrogen-bond donors (Lipinski definition) is 2. The molecule has 0 bridgehead atoms. The average Bonchev–Trinajstić information content (AvgIpc) is 3.24. The summed E-state index contributed by atoms with van der Waals surface area (Å²) in [6.45, 7) is 4.61. The minimum absolute atomic E-state index is 0.0884. The van der Waals surface area contributed by atoms with Crippen LogP contribution in [-0.4, -0.2) is 49.9 Å². The molecule has 2 atom stereocenters. The van der Waals surface area contributed by atoms with Gasteiger partial charge in [0.2, 0.25) is 0 Å². The molecule has 0 aromatic carbocycles. The summed E-state index contributed by atoms with van der Waals surface area (Å²) >= 11 is 0. The molecule has 0 radical (unpaired) electrons. The van der Waals surface area contributed by atoms with Crippen LogP contribution in [0.15, 0.2) is 109 Å². The number of carbonyl (C=O) groups is 1. The molecular weight excluding hydrogens is 770 g/mol. The second kappa shape index (κ2) is 47.2. The molecule has 0 aromatic heterocycles. The van der Waals surface area contributed by atoms with Crippen molar-refractivity contribution in [3.63, 3.8) is 0 Å². The summed E-state index contributed by atoms with van der Waals surface area (Å²) in [5.41, 5.74) is 5.38. The molecule has 8 nitrogen and oxygen atoms in total. The minimum atomic E-state index is -4.30. The SMILES string of the molecule is CC/C=C\C/C=C\C/C=C\C/C=C\C/C=C\C/C=C\CCCCCCCOCC(COP(=O)(O)OCCN)OC(=O)CCCCCCCCC/C=C\C/C=C\C/C=C\CC. The van der Waals surface area contributed by atoms with Gasteiger partial charge in [0.15, 0.2) is 0 Å². The molecule has 0 rings (SSSR count). The number of ether oxygens (including phenoxy) is 2. The summed E-state index contributed by atoms with van der Waals surface area (Å²) in [5.74, 6) is -0.353. The van der Waals surface area contributed by atoms with Crippen molar-refractivity contribution in [2.45, 2.75) is 174 Å². The van der Waals surface area contributed by atoms with E-state index in [9.17, 15) is 14.3 Å². The van der Waals surface area contributed by atoms with Gasteiger partial charge in [-0.15, -0.1) is 0 Å². The van der Waals surface area contributed by atoms with Crippen LogP contribution >= 0.6 is 7.82 Å². The maximum Gasteiger partial charge on any atom is 0.472 e. The van der Waals surface area contributed by atoms with E-state index in [0.29, 0.717) is 13.0 Å². The highest BCUT2D eigenvalue weighted by Gasteiger charge is 2.25. The lowest BCUT2D eigenvalue weighted by Gasteiger charge is -2.20. The quantitative estimate of drug-likeness (QED) is 0.0269. The van der Waals surface area contributed by atoms with Crippen molar-refractivity contribution in [3.05, 3.63) is 109 Å². The van der Waals surface area contributed by atoms with Crippen LogP contribution in [0.2, 0.25) is 0 Å². The maximum atomic E-state index is 12.6. The molecule has 3 N–H and O–H groups in total. The second-order valence-electron chi connectivity index (χ2n) is 14.9. The molecule has 0 aromatic rings. The number of phosphoric ester groups is 1. The molecule has 0 heterocycles. The van der Waals surface area contributed by atoms with E-state index in [-0.39, 0.29) is 32.3 Å². The molecule has 0 fully saturated rings. The summed E-state index contributed by atoms with van der Waals surface area (Å²) in [6, 6.07) is 0. The van der Waals surface area contributed by atoms with E-state index in [1.807, 2.05) is 0 Å². The van der Waals surface area contributed by atoms with E-state index < -0.39 is 13.9 Å². The molecule has 0 saturated heterocycles. The lowest BCUT2D eigenvalue weighted by Crippen LogP contribution is -2.28. The Kier molecular flexibility index (Phi) is 45.0. The molecule has 342 valence electrons. The third-order valence-corrected chi connectivity index (χ3v) is 10.2. The molecule has 9 heteroatoms. The summed E-state index contributed by atoms with van der Waals surface area (Å²) in [7, 11) is -4.30. The van der Waals surface area contributed by atoms with E-state index in [1.165, 1.54) is 32.1 Å². The number of unbranched alkanes of at least 4 members (excludes halogenated alkanes) is 12. The maximum absolute atomic E-state index is 12.6. The predicted molar refractivity (Wildman–Crippen MR) is 256 cm³/mol. The van der Waals surface area contributed by atoms with Gasteiger partial charge in [0.25, 0.3) is 0 Å². The third kappa shape index (κ3) is 46.2. The number of carbonyl (C=O) groups excluding carboxylic acids is 1. The third-order valence-electron chi connectivity index (χ3n) is 9.19. The lowest BCUT2D eigenvalue weighted by atomic mass is 10.1. The number of hydrogen-bond acceptors (Lipinski definition) is 7. The van der Waals surface area contributed by atoms with Crippen molar-refractivity contribution in [3.8, 4) is 0 Å². The summed E-state index contributed by atoms with van der Waals surface area (Å²) in [4.78, 5) is 22.5. The molecule has 0 spiro atoms. The second-order valence-corrected chi connectivity index (χ2v) is 16.3. The van der Waals surface area contributed by atoms with Gasteiger partial charge in [-0.3, -0.25) is 13.8 Å². The molecule has 2 unspecified atom stereocenters. The van der Waals surface area contributed by atoms with Crippen molar-refractivity contribution in [1.82, 2.24) is 0 Å². The lowest BCUT2D eigenvalue weighted by molar-refractivity contribution is -0.154. The Morgan fingerprint density at radius 2 is 0.883 bits per heavy atom. The first kappa shape index (κ1) is 57.2. The number of allylic oxidation sites excluding steroid dienone is 18. The van der Waals surface area contributed by atoms with Gasteiger partial charge >= 0.3 is 13.8 Å². The molecule has 0 aliphatic rings. The van der Waals surface area contributed by atoms with Crippen molar-refractivity contribution in [2.24, 2.45) is 5.73 Å². The van der Waals surface area contributed by atoms with Gasteiger partial charge < -0.3 is 20.1 Å². The molecular formula is C51H86NO7P. The molecule has 0 aliphatic carbocycles. The Hall–Kier alpha value is -2.84. The highest BCUT2D eigenvalue weighted by molar-refractivity contribution is 7.47. The normalized spacial score (nSPS) is 14.4. The highest BCUT2D eigenvalue weighted by atomic mass is 31.2. The first-order valence-electron chi connectivity index (χ1n) is 23.4. The Labute approximate surface area is 367 Å². The van der Waals surface area contributed by atoms with Crippen LogP contribution in [0, 0.1) is 0 Å². The topological polar surface area (TPSA) is 117 Å². The van der Waals surface area contributed by atoms with E-state index in [1.54, 1.807) is 0 Å². The fraction of sp³-hybridized carbons (Fsp3) is 0.627. The van der Waals surface area contributed by atoms with E-state index in [2.05, 4.69) is 123 Å². The molecule has 60 heavy (non-hydrogen) atoms. The Morgan fingerprint density at radius 1 is 0.500 bits per heavy atom. The molecule has 0 aliphatic heterocycles. The zero-order chi connectivity index (χ0) is 43.7. The summed E-state index contributed by atoms with van der Waals surface area (Å²) in [5, 5.41) is 0. The number of rotatable bonds is 43. The van der Waals surface area contributed by atoms with Gasteiger partial charge in [0.05, 0.1) is 19.8 Å². The van der Waals surface area contributed by atoms with Crippen molar-refractivity contribution < 1.29 is 32.8 Å². The summed E-state index contributed by atoms with van der Waals surface area (Å²) in [6.07, 6.45) is 64.0. The van der Waals surface area contributed by atoms with Gasteiger partial charge in [-0.1, -0.05) is 175 Å². The Bertz CT molecular complexity index is 1280. The van der Waals surface area contributed by atoms with Gasteiger partial charge in [-0.25, -0.2) is 4.57 Å². The Morgan fingerprint density at radius 3 is 1.32 bits per heavy atom. The monoisotopic (exact) mass is 856 g/mol. The van der Waals surface area contributed by atoms with Crippen LogP contribution in [0.25, 0.3) is 0 Å². The van der Waals surface area contributed by atoms with Crippen LogP contribution in [0.4, 0.5) is 0 Å². The van der Waals surface area contributed by atoms with E-state index >= 15 is 0 Å². The van der Waals surface area contributed by atoms with Gasteiger partial charge in [-0.05, 0) is 96.3 Å². The van der Waals surface area contributed by atoms with Crippen LogP contribution in [-0.2, 0) is 27.9 Å². The average molecular weight is 856 g/mol. The first-order valence-corrected chi connectivity index (χ1v) is 24.9. The molecule has 0 saturated carbocycles. The predicted octanol–water partition coefficient (Wildman–Crippen LogP) is 14.4. The van der Waals surface area contributed by atoms with Crippen molar-refractivity contribution >= 4 is 13.8 Å². The standard InChI is InChI=1S/C51H86NO7P/c1-3-5-7-9-11-13-15-17-19-21-22-23-24-25-26-27-29-31-33-35-37-39-41-43-46-56-48-50(49-58-60(54,55)57-47-45-52)59-51(53)44-42-40-38-36-34-32-30-28-20-18-16-14-12-10-8-6-4-2/h5-8,11-14,17-20,22-23,25-26,29,31,50H,3-4,9-10,15-16,21,24,27-28,30,32-49,52H2,1-2H3,(H,54,55)/b7-5-,8-6-,13-11-,14-12-,19-17-,20-18-,23-22-,26-25-,31-29-. The smallest absolute Gasteiger partial charge is 0.457 e. The van der Waals surface area contributed by atoms with Crippen LogP contribution in [0.3, 0.4) is 0 Å². The fourth-order valence-corrected chi connectivity index (χ4v) is 6.60. The van der Waals surface area contributed by atoms with Gasteiger partial charge in [0, 0.05) is 19.6 Å².